The molecule has 0 bridgehead atoms. The van der Waals surface area contributed by atoms with Crippen LogP contribution in [-0.4, -0.2) is 19.1 Å². The predicted molar refractivity (Wildman–Crippen MR) is 74.7 cm³/mol. The van der Waals surface area contributed by atoms with E-state index >= 15 is 0 Å². The van der Waals surface area contributed by atoms with Crippen LogP contribution in [0.4, 0.5) is 10.1 Å². The van der Waals surface area contributed by atoms with Crippen LogP contribution in [0.1, 0.15) is 38.2 Å². The molecule has 0 fully saturated rings. The highest BCUT2D eigenvalue weighted by Gasteiger charge is 2.03. The van der Waals surface area contributed by atoms with E-state index in [4.69, 9.17) is 10.00 Å². The molecule has 4 nitrogen and oxygen atoms in total. The Kier molecular flexibility index (Phi) is 7.12. The van der Waals surface area contributed by atoms with E-state index in [9.17, 15) is 9.18 Å². The molecule has 0 spiro atoms. The van der Waals surface area contributed by atoms with Crippen LogP contribution in [0.25, 0.3) is 0 Å². The first-order chi connectivity index (χ1) is 9.67. The summed E-state index contributed by atoms with van der Waals surface area (Å²) in [7, 11) is 0. The van der Waals surface area contributed by atoms with Crippen molar-refractivity contribution in [2.75, 3.05) is 18.5 Å². The number of anilines is 1. The summed E-state index contributed by atoms with van der Waals surface area (Å²) in [5.74, 6) is -0.589. The zero-order chi connectivity index (χ0) is 14.8. The molecule has 0 radical (unpaired) electrons. The monoisotopic (exact) mass is 278 g/mol. The summed E-state index contributed by atoms with van der Waals surface area (Å²) in [6.45, 7) is 2.83. The van der Waals surface area contributed by atoms with Gasteiger partial charge in [0.1, 0.15) is 5.82 Å². The van der Waals surface area contributed by atoms with Gasteiger partial charge in [0.25, 0.3) is 0 Å². The quantitative estimate of drug-likeness (QED) is 0.585. The Labute approximate surface area is 118 Å². The Balaban J connectivity index is 2.19. The lowest BCUT2D eigenvalue weighted by Crippen LogP contribution is -2.05. The Morgan fingerprint density at radius 3 is 2.85 bits per heavy atom. The van der Waals surface area contributed by atoms with E-state index in [1.807, 2.05) is 6.07 Å². The van der Waals surface area contributed by atoms with Crippen LogP contribution < -0.4 is 5.32 Å². The highest BCUT2D eigenvalue weighted by Crippen LogP contribution is 2.15. The van der Waals surface area contributed by atoms with E-state index in [-0.39, 0.29) is 5.97 Å². The number of nitrogens with zero attached hydrogens (tertiary/aromatic N) is 1. The van der Waals surface area contributed by atoms with Crippen LogP contribution in [0.2, 0.25) is 0 Å². The Hall–Kier alpha value is -2.09. The fraction of sp³-hybridized carbons (Fsp3) is 0.467. The summed E-state index contributed by atoms with van der Waals surface area (Å²) < 4.78 is 18.4. The summed E-state index contributed by atoms with van der Waals surface area (Å²) in [5.41, 5.74) is 0.705. The van der Waals surface area contributed by atoms with Gasteiger partial charge >= 0.3 is 5.97 Å². The lowest BCUT2D eigenvalue weighted by Gasteiger charge is -2.07. The fourth-order valence-electron chi connectivity index (χ4n) is 1.76. The molecular weight excluding hydrogens is 259 g/mol. The third-order valence-corrected chi connectivity index (χ3v) is 2.78. The van der Waals surface area contributed by atoms with Crippen molar-refractivity contribution in [1.82, 2.24) is 0 Å². The van der Waals surface area contributed by atoms with Gasteiger partial charge < -0.3 is 10.1 Å². The molecule has 1 N–H and O–H groups in total. The van der Waals surface area contributed by atoms with Crippen LogP contribution in [-0.2, 0) is 9.53 Å². The minimum atomic E-state index is -0.421. The number of hydrogen-bond acceptors (Lipinski definition) is 4. The van der Waals surface area contributed by atoms with Gasteiger partial charge in [0.15, 0.2) is 0 Å². The number of carbonyl (C=O) groups is 1. The Morgan fingerprint density at radius 1 is 1.40 bits per heavy atom. The molecule has 0 aliphatic heterocycles. The van der Waals surface area contributed by atoms with Crippen molar-refractivity contribution in [1.29, 1.82) is 5.26 Å². The predicted octanol–water partition coefficient (Wildman–Crippen LogP) is 3.23. The van der Waals surface area contributed by atoms with E-state index < -0.39 is 5.82 Å². The van der Waals surface area contributed by atoms with Gasteiger partial charge in [0, 0.05) is 13.0 Å². The van der Waals surface area contributed by atoms with Crippen molar-refractivity contribution >= 4 is 11.7 Å². The fourth-order valence-corrected chi connectivity index (χ4v) is 1.76. The lowest BCUT2D eigenvalue weighted by molar-refractivity contribution is -0.143. The molecule has 0 unspecified atom stereocenters. The van der Waals surface area contributed by atoms with Gasteiger partial charge in [-0.15, -0.1) is 0 Å². The van der Waals surface area contributed by atoms with Crippen molar-refractivity contribution in [2.45, 2.75) is 32.6 Å². The molecule has 0 atom stereocenters. The molecule has 0 heterocycles. The van der Waals surface area contributed by atoms with Crippen LogP contribution in [0.5, 0.6) is 0 Å². The van der Waals surface area contributed by atoms with Crippen molar-refractivity contribution in [3.05, 3.63) is 29.6 Å². The van der Waals surface area contributed by atoms with Gasteiger partial charge in [0.2, 0.25) is 0 Å². The third kappa shape index (κ3) is 5.70. The van der Waals surface area contributed by atoms with Crippen LogP contribution >= 0.6 is 0 Å². The topological polar surface area (TPSA) is 62.1 Å². The molecule has 0 amide bonds. The number of halogens is 1. The normalized spacial score (nSPS) is 9.85. The second-order valence-electron chi connectivity index (χ2n) is 4.35. The minimum Gasteiger partial charge on any atom is -0.466 e. The highest BCUT2D eigenvalue weighted by atomic mass is 19.1. The number of hydrogen-bond donors (Lipinski definition) is 1. The zero-order valence-electron chi connectivity index (χ0n) is 11.6. The molecule has 5 heteroatoms. The SMILES string of the molecule is CCOC(=O)CCCCCNc1ccc(C#N)cc1F. The average molecular weight is 278 g/mol. The Bertz CT molecular complexity index is 483. The minimum absolute atomic E-state index is 0.168. The number of ether oxygens (including phenoxy) is 1. The summed E-state index contributed by atoms with van der Waals surface area (Å²) in [6, 6.07) is 6.24. The van der Waals surface area contributed by atoms with Crippen molar-refractivity contribution in [3.8, 4) is 6.07 Å². The van der Waals surface area contributed by atoms with Gasteiger partial charge in [-0.1, -0.05) is 6.42 Å². The number of benzene rings is 1. The number of rotatable bonds is 8. The van der Waals surface area contributed by atoms with Gasteiger partial charge in [0.05, 0.1) is 23.9 Å². The summed E-state index contributed by atoms with van der Waals surface area (Å²) in [5, 5.41) is 11.6. The largest absolute Gasteiger partial charge is 0.466 e. The maximum absolute atomic E-state index is 13.5. The maximum Gasteiger partial charge on any atom is 0.305 e. The standard InChI is InChI=1S/C15H19FN2O2/c1-2-20-15(19)6-4-3-5-9-18-14-8-7-12(11-17)10-13(14)16/h7-8,10,18H,2-6,9H2,1H3. The summed E-state index contributed by atoms with van der Waals surface area (Å²) in [4.78, 5) is 11.1. The van der Waals surface area contributed by atoms with E-state index in [2.05, 4.69) is 5.32 Å². The van der Waals surface area contributed by atoms with Gasteiger partial charge in [-0.3, -0.25) is 4.79 Å². The van der Waals surface area contributed by atoms with Gasteiger partial charge in [-0.05, 0) is 38.0 Å². The van der Waals surface area contributed by atoms with E-state index in [1.165, 1.54) is 6.07 Å². The van der Waals surface area contributed by atoms with E-state index in [1.54, 1.807) is 19.1 Å². The molecular formula is C15H19FN2O2. The second-order valence-corrected chi connectivity index (χ2v) is 4.35. The molecule has 0 aliphatic carbocycles. The molecule has 1 aromatic carbocycles. The second kappa shape index (κ2) is 8.92. The number of esters is 1. The Morgan fingerprint density at radius 2 is 2.20 bits per heavy atom. The molecule has 0 aliphatic rings. The molecule has 20 heavy (non-hydrogen) atoms. The molecule has 108 valence electrons. The molecule has 0 aromatic heterocycles. The van der Waals surface area contributed by atoms with E-state index in [0.717, 1.165) is 19.3 Å². The first kappa shape index (κ1) is 16.0. The van der Waals surface area contributed by atoms with Crippen molar-refractivity contribution < 1.29 is 13.9 Å². The smallest absolute Gasteiger partial charge is 0.305 e. The molecule has 1 rings (SSSR count). The zero-order valence-corrected chi connectivity index (χ0v) is 11.6. The van der Waals surface area contributed by atoms with Crippen molar-refractivity contribution in [3.63, 3.8) is 0 Å². The summed E-state index contributed by atoms with van der Waals surface area (Å²) >= 11 is 0. The number of nitriles is 1. The highest BCUT2D eigenvalue weighted by molar-refractivity contribution is 5.69. The lowest BCUT2D eigenvalue weighted by atomic mass is 10.2. The summed E-state index contributed by atoms with van der Waals surface area (Å²) in [6.07, 6.45) is 2.93. The van der Waals surface area contributed by atoms with Crippen LogP contribution in [0, 0.1) is 17.1 Å². The number of unbranched alkanes of at least 4 members (excludes halogenated alkanes) is 2. The first-order valence-electron chi connectivity index (χ1n) is 6.76. The molecule has 0 saturated heterocycles. The number of carbonyl (C=O) groups excluding carboxylic acids is 1. The van der Waals surface area contributed by atoms with Gasteiger partial charge in [-0.25, -0.2) is 4.39 Å². The van der Waals surface area contributed by atoms with E-state index in [0.29, 0.717) is 30.8 Å². The first-order valence-corrected chi connectivity index (χ1v) is 6.76. The number of nitrogens with one attached hydrogen (secondary N) is 1. The molecule has 0 saturated carbocycles. The van der Waals surface area contributed by atoms with Crippen LogP contribution in [0.15, 0.2) is 18.2 Å². The third-order valence-electron chi connectivity index (χ3n) is 2.78. The molecule has 1 aromatic rings. The van der Waals surface area contributed by atoms with Gasteiger partial charge in [-0.2, -0.15) is 5.26 Å². The maximum atomic E-state index is 13.5. The van der Waals surface area contributed by atoms with Crippen molar-refractivity contribution in [2.24, 2.45) is 0 Å². The van der Waals surface area contributed by atoms with Crippen LogP contribution in [0.3, 0.4) is 0 Å². The average Bonchev–Trinajstić information content (AvgIpc) is 2.44.